The second-order valence-electron chi connectivity index (χ2n) is 3.72. The molecule has 0 aliphatic carbocycles. The predicted octanol–water partition coefficient (Wildman–Crippen LogP) is 1.74. The Bertz CT molecular complexity index is 615. The van der Waals surface area contributed by atoms with Gasteiger partial charge in [-0.1, -0.05) is 0 Å². The van der Waals surface area contributed by atoms with Gasteiger partial charge in [0.1, 0.15) is 10.6 Å². The third-order valence-electron chi connectivity index (χ3n) is 2.46. The number of carboxylic acids is 1. The molecule has 0 saturated carbocycles. The molecule has 18 heavy (non-hydrogen) atoms. The number of hydrogen-bond donors (Lipinski definition) is 2. The van der Waals surface area contributed by atoms with Gasteiger partial charge in [-0.3, -0.25) is 9.48 Å². The lowest BCUT2D eigenvalue weighted by molar-refractivity contribution is 0.0703. The molecule has 2 N–H and O–H groups in total. The Morgan fingerprint density at radius 1 is 1.50 bits per heavy atom. The summed E-state index contributed by atoms with van der Waals surface area (Å²) in [5.74, 6) is -1.42. The zero-order valence-corrected chi connectivity index (χ0v) is 10.6. The van der Waals surface area contributed by atoms with Crippen LogP contribution in [0.2, 0.25) is 0 Å². The highest BCUT2D eigenvalue weighted by molar-refractivity contribution is 7.12. The maximum Gasteiger partial charge on any atom is 0.348 e. The third kappa shape index (κ3) is 2.12. The molecule has 7 heteroatoms. The summed E-state index contributed by atoms with van der Waals surface area (Å²) in [6, 6.07) is 1.57. The topological polar surface area (TPSA) is 84.2 Å². The molecule has 0 saturated heterocycles. The van der Waals surface area contributed by atoms with Crippen LogP contribution in [-0.4, -0.2) is 26.8 Å². The number of aryl methyl sites for hydroxylation is 2. The van der Waals surface area contributed by atoms with Crippen molar-refractivity contribution >= 4 is 28.9 Å². The van der Waals surface area contributed by atoms with Crippen LogP contribution in [0.4, 0.5) is 5.69 Å². The SMILES string of the molecule is Cc1csc(C(=O)O)c1NC(=O)c1ccnn1C. The van der Waals surface area contributed by atoms with Crippen LogP contribution in [0.5, 0.6) is 0 Å². The number of hydrogen-bond acceptors (Lipinski definition) is 4. The molecule has 0 radical (unpaired) electrons. The fraction of sp³-hybridized carbons (Fsp3) is 0.182. The van der Waals surface area contributed by atoms with E-state index in [1.807, 2.05) is 0 Å². The number of amides is 1. The Labute approximate surface area is 107 Å². The molecule has 0 aliphatic rings. The van der Waals surface area contributed by atoms with Crippen molar-refractivity contribution in [1.82, 2.24) is 9.78 Å². The number of carbonyl (C=O) groups excluding carboxylic acids is 1. The Balaban J connectivity index is 2.30. The monoisotopic (exact) mass is 265 g/mol. The van der Waals surface area contributed by atoms with Gasteiger partial charge in [-0.15, -0.1) is 11.3 Å². The van der Waals surface area contributed by atoms with Crippen LogP contribution in [0, 0.1) is 6.92 Å². The van der Waals surface area contributed by atoms with Crippen molar-refractivity contribution in [3.8, 4) is 0 Å². The summed E-state index contributed by atoms with van der Waals surface area (Å²) in [5, 5.41) is 17.2. The van der Waals surface area contributed by atoms with Crippen LogP contribution in [-0.2, 0) is 7.05 Å². The van der Waals surface area contributed by atoms with E-state index in [4.69, 9.17) is 5.11 Å². The van der Waals surface area contributed by atoms with Crippen molar-refractivity contribution < 1.29 is 14.7 Å². The normalized spacial score (nSPS) is 10.3. The Kier molecular flexibility index (Phi) is 3.15. The molecule has 2 rings (SSSR count). The lowest BCUT2D eigenvalue weighted by Crippen LogP contribution is -2.17. The lowest BCUT2D eigenvalue weighted by Gasteiger charge is -2.06. The molecule has 0 bridgehead atoms. The van der Waals surface area contributed by atoms with Gasteiger partial charge < -0.3 is 10.4 Å². The van der Waals surface area contributed by atoms with Gasteiger partial charge in [0.15, 0.2) is 0 Å². The van der Waals surface area contributed by atoms with Crippen molar-refractivity contribution in [1.29, 1.82) is 0 Å². The molecular formula is C11H11N3O3S. The molecule has 1 amide bonds. The zero-order chi connectivity index (χ0) is 13.3. The van der Waals surface area contributed by atoms with E-state index in [0.717, 1.165) is 16.9 Å². The van der Waals surface area contributed by atoms with E-state index in [1.165, 1.54) is 10.9 Å². The number of aromatic nitrogens is 2. The highest BCUT2D eigenvalue weighted by Gasteiger charge is 2.19. The molecule has 0 spiro atoms. The molecule has 0 aliphatic heterocycles. The Hall–Kier alpha value is -2.15. The van der Waals surface area contributed by atoms with Gasteiger partial charge in [-0.05, 0) is 23.9 Å². The maximum atomic E-state index is 12.0. The molecule has 0 atom stereocenters. The summed E-state index contributed by atoms with van der Waals surface area (Å²) in [6.07, 6.45) is 1.51. The minimum absolute atomic E-state index is 0.128. The minimum atomic E-state index is -1.05. The van der Waals surface area contributed by atoms with E-state index in [1.54, 1.807) is 25.4 Å². The van der Waals surface area contributed by atoms with Crippen molar-refractivity contribution in [2.24, 2.45) is 7.05 Å². The number of carboxylic acid groups (broad SMARTS) is 1. The molecular weight excluding hydrogens is 254 g/mol. The average Bonchev–Trinajstić information content (AvgIpc) is 2.86. The second kappa shape index (κ2) is 4.61. The number of nitrogens with zero attached hydrogens (tertiary/aromatic N) is 2. The standard InChI is InChI=1S/C11H11N3O3S/c1-6-5-18-9(11(16)17)8(6)13-10(15)7-3-4-12-14(7)2/h3-5H,1-2H3,(H,13,15)(H,16,17). The third-order valence-corrected chi connectivity index (χ3v) is 3.55. The van der Waals surface area contributed by atoms with E-state index in [2.05, 4.69) is 10.4 Å². The molecule has 2 aromatic heterocycles. The molecule has 0 unspecified atom stereocenters. The first-order valence-electron chi connectivity index (χ1n) is 5.11. The summed E-state index contributed by atoms with van der Waals surface area (Å²) < 4.78 is 1.43. The number of rotatable bonds is 3. The first-order valence-corrected chi connectivity index (χ1v) is 5.99. The van der Waals surface area contributed by atoms with E-state index >= 15 is 0 Å². The van der Waals surface area contributed by atoms with E-state index in [0.29, 0.717) is 11.4 Å². The number of anilines is 1. The largest absolute Gasteiger partial charge is 0.477 e. The van der Waals surface area contributed by atoms with Crippen LogP contribution in [0.3, 0.4) is 0 Å². The highest BCUT2D eigenvalue weighted by atomic mass is 32.1. The first-order chi connectivity index (χ1) is 8.50. The number of aromatic carboxylic acids is 1. The second-order valence-corrected chi connectivity index (χ2v) is 4.60. The number of thiophene rings is 1. The van der Waals surface area contributed by atoms with Crippen molar-refractivity contribution in [2.45, 2.75) is 6.92 Å². The molecule has 0 fully saturated rings. The fourth-order valence-corrected chi connectivity index (χ4v) is 2.37. The van der Waals surface area contributed by atoms with Gasteiger partial charge >= 0.3 is 5.97 Å². The van der Waals surface area contributed by atoms with Gasteiger partial charge in [-0.25, -0.2) is 4.79 Å². The van der Waals surface area contributed by atoms with Crippen LogP contribution >= 0.6 is 11.3 Å². The van der Waals surface area contributed by atoms with Crippen molar-refractivity contribution in [2.75, 3.05) is 5.32 Å². The summed E-state index contributed by atoms with van der Waals surface area (Å²) in [6.45, 7) is 1.75. The van der Waals surface area contributed by atoms with Gasteiger partial charge in [-0.2, -0.15) is 5.10 Å². The van der Waals surface area contributed by atoms with Crippen LogP contribution in [0.1, 0.15) is 25.7 Å². The maximum absolute atomic E-state index is 12.0. The van der Waals surface area contributed by atoms with E-state index in [-0.39, 0.29) is 10.8 Å². The summed E-state index contributed by atoms with van der Waals surface area (Å²) >= 11 is 1.09. The number of nitrogens with one attached hydrogen (secondary N) is 1. The van der Waals surface area contributed by atoms with E-state index in [9.17, 15) is 9.59 Å². The van der Waals surface area contributed by atoms with Crippen molar-refractivity contribution in [3.05, 3.63) is 33.8 Å². The summed E-state index contributed by atoms with van der Waals surface area (Å²) in [4.78, 5) is 23.1. The van der Waals surface area contributed by atoms with Gasteiger partial charge in [0.25, 0.3) is 5.91 Å². The lowest BCUT2D eigenvalue weighted by atomic mass is 10.2. The summed E-state index contributed by atoms with van der Waals surface area (Å²) in [5.41, 5.74) is 1.45. The van der Waals surface area contributed by atoms with Gasteiger partial charge in [0.2, 0.25) is 0 Å². The Morgan fingerprint density at radius 3 is 2.78 bits per heavy atom. The van der Waals surface area contributed by atoms with Crippen molar-refractivity contribution in [3.63, 3.8) is 0 Å². The number of carbonyl (C=O) groups is 2. The molecule has 6 nitrogen and oxygen atoms in total. The first kappa shape index (κ1) is 12.3. The molecule has 2 aromatic rings. The van der Waals surface area contributed by atoms with E-state index < -0.39 is 5.97 Å². The predicted molar refractivity (Wildman–Crippen MR) is 67.2 cm³/mol. The quantitative estimate of drug-likeness (QED) is 0.885. The van der Waals surface area contributed by atoms with Crippen LogP contribution < -0.4 is 5.32 Å². The average molecular weight is 265 g/mol. The molecule has 2 heterocycles. The highest BCUT2D eigenvalue weighted by Crippen LogP contribution is 2.27. The zero-order valence-electron chi connectivity index (χ0n) is 9.80. The Morgan fingerprint density at radius 2 is 2.22 bits per heavy atom. The molecule has 94 valence electrons. The summed E-state index contributed by atoms with van der Waals surface area (Å²) in [7, 11) is 1.65. The van der Waals surface area contributed by atoms with Crippen LogP contribution in [0.15, 0.2) is 17.6 Å². The molecule has 0 aromatic carbocycles. The fourth-order valence-electron chi connectivity index (χ4n) is 1.53. The van der Waals surface area contributed by atoms with Crippen LogP contribution in [0.25, 0.3) is 0 Å². The van der Waals surface area contributed by atoms with Gasteiger partial charge in [0, 0.05) is 13.2 Å². The minimum Gasteiger partial charge on any atom is -0.477 e. The smallest absolute Gasteiger partial charge is 0.348 e. The van der Waals surface area contributed by atoms with Gasteiger partial charge in [0.05, 0.1) is 5.69 Å².